The van der Waals surface area contributed by atoms with Gasteiger partial charge in [0, 0.05) is 15.1 Å². The average Bonchev–Trinajstić information content (AvgIpc) is 2.59. The number of halogens is 2. The molecular formula is C19H20BrClN2O3. The van der Waals surface area contributed by atoms with E-state index in [-0.39, 0.29) is 5.91 Å². The third kappa shape index (κ3) is 5.75. The maximum Gasteiger partial charge on any atom is 0.280 e. The van der Waals surface area contributed by atoms with Crippen LogP contribution >= 0.6 is 27.5 Å². The Bertz CT molecular complexity index is 811. The molecule has 0 aliphatic carbocycles. The minimum absolute atomic E-state index is 0.358. The molecule has 0 aliphatic rings. The van der Waals surface area contributed by atoms with Crippen molar-refractivity contribution in [1.29, 1.82) is 0 Å². The van der Waals surface area contributed by atoms with Gasteiger partial charge in [-0.2, -0.15) is 5.10 Å². The zero-order valence-corrected chi connectivity index (χ0v) is 17.1. The van der Waals surface area contributed by atoms with Gasteiger partial charge >= 0.3 is 0 Å². The molecule has 2 aromatic carbocycles. The van der Waals surface area contributed by atoms with Crippen molar-refractivity contribution in [1.82, 2.24) is 5.43 Å². The zero-order valence-electron chi connectivity index (χ0n) is 14.8. The van der Waals surface area contributed by atoms with E-state index in [1.807, 2.05) is 32.0 Å². The predicted octanol–water partition coefficient (Wildman–Crippen LogP) is 4.73. The second-order valence-electron chi connectivity index (χ2n) is 5.52. The molecule has 0 heterocycles. The molecule has 0 saturated heterocycles. The van der Waals surface area contributed by atoms with Crippen LogP contribution in [0.4, 0.5) is 0 Å². The number of amides is 1. The van der Waals surface area contributed by atoms with Gasteiger partial charge in [0.05, 0.1) is 12.8 Å². The second kappa shape index (κ2) is 9.59. The van der Waals surface area contributed by atoms with Gasteiger partial charge in [-0.3, -0.25) is 4.79 Å². The van der Waals surface area contributed by atoms with Crippen LogP contribution in [0.2, 0.25) is 5.02 Å². The number of rotatable bonds is 7. The first-order chi connectivity index (χ1) is 12.4. The summed E-state index contributed by atoms with van der Waals surface area (Å²) in [5.41, 5.74) is 4.09. The summed E-state index contributed by atoms with van der Waals surface area (Å²) in [6.45, 7) is 5.97. The molecule has 0 spiro atoms. The van der Waals surface area contributed by atoms with E-state index in [2.05, 4.69) is 26.5 Å². The molecule has 1 amide bonds. The summed E-state index contributed by atoms with van der Waals surface area (Å²) in [6, 6.07) is 10.8. The number of nitrogens with one attached hydrogen (secondary N) is 1. The summed E-state index contributed by atoms with van der Waals surface area (Å²) in [5, 5.41) is 4.62. The highest BCUT2D eigenvalue weighted by molar-refractivity contribution is 9.10. The topological polar surface area (TPSA) is 59.9 Å². The van der Waals surface area contributed by atoms with Crippen LogP contribution in [-0.4, -0.2) is 24.8 Å². The second-order valence-corrected chi connectivity index (χ2v) is 6.87. The number of benzene rings is 2. The summed E-state index contributed by atoms with van der Waals surface area (Å²) < 4.78 is 12.1. The van der Waals surface area contributed by atoms with Crippen molar-refractivity contribution in [2.24, 2.45) is 5.10 Å². The van der Waals surface area contributed by atoms with Crippen LogP contribution in [0.3, 0.4) is 0 Å². The number of hydrazone groups is 1. The van der Waals surface area contributed by atoms with Crippen molar-refractivity contribution in [2.45, 2.75) is 26.9 Å². The van der Waals surface area contributed by atoms with E-state index in [1.54, 1.807) is 25.1 Å². The molecule has 7 heteroatoms. The molecule has 2 rings (SSSR count). The van der Waals surface area contributed by atoms with Crippen molar-refractivity contribution in [3.63, 3.8) is 0 Å². The number of hydrogen-bond acceptors (Lipinski definition) is 4. The number of nitrogens with zero attached hydrogens (tertiary/aromatic N) is 1. The molecule has 138 valence electrons. The molecule has 0 unspecified atom stereocenters. The molecule has 1 atom stereocenters. The van der Waals surface area contributed by atoms with Crippen LogP contribution in [0.1, 0.15) is 25.0 Å². The van der Waals surface area contributed by atoms with Gasteiger partial charge in [0.25, 0.3) is 5.91 Å². The molecule has 0 aliphatic heterocycles. The standard InChI is InChI=1S/C19H20BrClN2O3/c1-4-25-18-7-5-15(20)10-14(18)11-22-23-19(24)13(3)26-17-8-6-16(21)9-12(17)2/h5-11,13H,4H2,1-3H3,(H,23,24)/b22-11-/t13-/m1/s1. The van der Waals surface area contributed by atoms with Gasteiger partial charge in [-0.1, -0.05) is 27.5 Å². The molecule has 0 radical (unpaired) electrons. The van der Waals surface area contributed by atoms with Gasteiger partial charge in [0.1, 0.15) is 11.5 Å². The molecule has 0 saturated carbocycles. The summed E-state index contributed by atoms with van der Waals surface area (Å²) in [6.07, 6.45) is 0.828. The van der Waals surface area contributed by atoms with Crippen LogP contribution in [-0.2, 0) is 4.79 Å². The SMILES string of the molecule is CCOc1ccc(Br)cc1/C=N\NC(=O)[C@@H](C)Oc1ccc(Cl)cc1C. The summed E-state index contributed by atoms with van der Waals surface area (Å²) >= 11 is 9.33. The maximum absolute atomic E-state index is 12.2. The minimum atomic E-state index is -0.708. The van der Waals surface area contributed by atoms with E-state index in [0.717, 1.165) is 15.6 Å². The molecule has 2 aromatic rings. The van der Waals surface area contributed by atoms with Crippen molar-refractivity contribution >= 4 is 39.7 Å². The minimum Gasteiger partial charge on any atom is -0.493 e. The van der Waals surface area contributed by atoms with Crippen LogP contribution in [0.25, 0.3) is 0 Å². The molecule has 0 bridgehead atoms. The summed E-state index contributed by atoms with van der Waals surface area (Å²) in [5.74, 6) is 0.935. The molecule has 5 nitrogen and oxygen atoms in total. The monoisotopic (exact) mass is 438 g/mol. The van der Waals surface area contributed by atoms with Gasteiger partial charge in [-0.15, -0.1) is 0 Å². The molecule has 26 heavy (non-hydrogen) atoms. The third-order valence-electron chi connectivity index (χ3n) is 3.46. The summed E-state index contributed by atoms with van der Waals surface area (Å²) in [4.78, 5) is 12.2. The fraction of sp³-hybridized carbons (Fsp3) is 0.263. The van der Waals surface area contributed by atoms with Crippen LogP contribution in [0, 0.1) is 6.92 Å². The van der Waals surface area contributed by atoms with Gasteiger partial charge in [0.15, 0.2) is 6.10 Å². The molecule has 1 N–H and O–H groups in total. The smallest absolute Gasteiger partial charge is 0.280 e. The highest BCUT2D eigenvalue weighted by Gasteiger charge is 2.15. The Hall–Kier alpha value is -2.05. The van der Waals surface area contributed by atoms with Gasteiger partial charge < -0.3 is 9.47 Å². The van der Waals surface area contributed by atoms with Crippen LogP contribution in [0.5, 0.6) is 11.5 Å². The Balaban J connectivity index is 1.99. The van der Waals surface area contributed by atoms with Gasteiger partial charge in [-0.25, -0.2) is 5.43 Å². The molecule has 0 aromatic heterocycles. The number of ether oxygens (including phenoxy) is 2. The Morgan fingerprint density at radius 3 is 2.73 bits per heavy atom. The van der Waals surface area contributed by atoms with Crippen molar-refractivity contribution in [2.75, 3.05) is 6.61 Å². The zero-order chi connectivity index (χ0) is 19.1. The normalized spacial score (nSPS) is 12.0. The van der Waals surface area contributed by atoms with Gasteiger partial charge in [0.2, 0.25) is 0 Å². The first-order valence-electron chi connectivity index (χ1n) is 8.08. The van der Waals surface area contributed by atoms with E-state index in [1.165, 1.54) is 6.21 Å². The lowest BCUT2D eigenvalue weighted by atomic mass is 10.2. The largest absolute Gasteiger partial charge is 0.493 e. The van der Waals surface area contributed by atoms with E-state index in [0.29, 0.717) is 23.1 Å². The lowest BCUT2D eigenvalue weighted by Gasteiger charge is -2.15. The number of carbonyl (C=O) groups excluding carboxylic acids is 1. The number of aryl methyl sites for hydroxylation is 1. The first-order valence-corrected chi connectivity index (χ1v) is 9.26. The fourth-order valence-electron chi connectivity index (χ4n) is 2.15. The third-order valence-corrected chi connectivity index (χ3v) is 4.19. The highest BCUT2D eigenvalue weighted by Crippen LogP contribution is 2.23. The molecule has 0 fully saturated rings. The van der Waals surface area contributed by atoms with Crippen molar-refractivity contribution < 1.29 is 14.3 Å². The van der Waals surface area contributed by atoms with Crippen LogP contribution < -0.4 is 14.9 Å². The molecular weight excluding hydrogens is 420 g/mol. The Morgan fingerprint density at radius 1 is 1.31 bits per heavy atom. The lowest BCUT2D eigenvalue weighted by Crippen LogP contribution is -2.33. The lowest BCUT2D eigenvalue weighted by molar-refractivity contribution is -0.127. The van der Waals surface area contributed by atoms with Gasteiger partial charge in [-0.05, 0) is 62.7 Å². The van der Waals surface area contributed by atoms with E-state index in [9.17, 15) is 4.79 Å². The quantitative estimate of drug-likeness (QED) is 0.501. The van der Waals surface area contributed by atoms with E-state index < -0.39 is 6.10 Å². The predicted molar refractivity (Wildman–Crippen MR) is 107 cm³/mol. The maximum atomic E-state index is 12.2. The van der Waals surface area contributed by atoms with Crippen molar-refractivity contribution in [3.05, 3.63) is 57.0 Å². The highest BCUT2D eigenvalue weighted by atomic mass is 79.9. The van der Waals surface area contributed by atoms with E-state index in [4.69, 9.17) is 21.1 Å². The first kappa shape index (κ1) is 20.3. The fourth-order valence-corrected chi connectivity index (χ4v) is 2.76. The van der Waals surface area contributed by atoms with Crippen molar-refractivity contribution in [3.8, 4) is 11.5 Å². The number of hydrogen-bond donors (Lipinski definition) is 1. The van der Waals surface area contributed by atoms with Crippen LogP contribution in [0.15, 0.2) is 46.0 Å². The average molecular weight is 440 g/mol. The number of carbonyl (C=O) groups is 1. The van der Waals surface area contributed by atoms with E-state index >= 15 is 0 Å². The Labute approximate surface area is 166 Å². The summed E-state index contributed by atoms with van der Waals surface area (Å²) in [7, 11) is 0. The Morgan fingerprint density at radius 2 is 2.04 bits per heavy atom. The Kier molecular flexibility index (Phi) is 7.48.